The average Bonchev–Trinajstić information content (AvgIpc) is 2.49. The Morgan fingerprint density at radius 1 is 1.00 bits per heavy atom. The van der Waals surface area contributed by atoms with Gasteiger partial charge in [-0.15, -0.1) is 0 Å². The van der Waals surface area contributed by atoms with Crippen LogP contribution in [0.3, 0.4) is 0 Å². The summed E-state index contributed by atoms with van der Waals surface area (Å²) in [7, 11) is 0. The lowest BCUT2D eigenvalue weighted by atomic mass is 9.88. The molecule has 1 aromatic rings. The SMILES string of the molecule is CCCCCCOc1ccc(C(C)C(CN)CN)cc1. The van der Waals surface area contributed by atoms with Crippen LogP contribution in [0.1, 0.15) is 51.0 Å². The van der Waals surface area contributed by atoms with Crippen molar-refractivity contribution in [3.8, 4) is 5.75 Å². The molecule has 0 spiro atoms. The number of hydrogen-bond acceptors (Lipinski definition) is 3. The Balaban J connectivity index is 2.43. The van der Waals surface area contributed by atoms with Crippen LogP contribution in [-0.4, -0.2) is 19.7 Å². The van der Waals surface area contributed by atoms with Crippen molar-refractivity contribution >= 4 is 0 Å². The molecular formula is C17H30N2O. The number of rotatable bonds is 10. The van der Waals surface area contributed by atoms with Crippen LogP contribution in [0.4, 0.5) is 0 Å². The van der Waals surface area contributed by atoms with Crippen molar-refractivity contribution in [3.05, 3.63) is 29.8 Å². The largest absolute Gasteiger partial charge is 0.494 e. The summed E-state index contributed by atoms with van der Waals surface area (Å²) in [6, 6.07) is 8.36. The molecule has 1 rings (SSSR count). The van der Waals surface area contributed by atoms with E-state index < -0.39 is 0 Å². The Bertz CT molecular complexity index is 347. The lowest BCUT2D eigenvalue weighted by molar-refractivity contribution is 0.305. The van der Waals surface area contributed by atoms with Crippen molar-refractivity contribution in [2.24, 2.45) is 17.4 Å². The Morgan fingerprint density at radius 2 is 1.65 bits per heavy atom. The number of benzene rings is 1. The van der Waals surface area contributed by atoms with Gasteiger partial charge in [0, 0.05) is 0 Å². The van der Waals surface area contributed by atoms with E-state index in [1.165, 1.54) is 24.8 Å². The van der Waals surface area contributed by atoms with Crippen molar-refractivity contribution in [2.75, 3.05) is 19.7 Å². The summed E-state index contributed by atoms with van der Waals surface area (Å²) in [5.41, 5.74) is 12.8. The first-order chi connectivity index (χ1) is 9.72. The van der Waals surface area contributed by atoms with E-state index in [4.69, 9.17) is 16.2 Å². The smallest absolute Gasteiger partial charge is 0.119 e. The quantitative estimate of drug-likeness (QED) is 0.646. The highest BCUT2D eigenvalue weighted by atomic mass is 16.5. The fourth-order valence-corrected chi connectivity index (χ4v) is 2.36. The first-order valence-electron chi connectivity index (χ1n) is 7.85. The topological polar surface area (TPSA) is 61.3 Å². The normalized spacial score (nSPS) is 12.7. The van der Waals surface area contributed by atoms with Gasteiger partial charge in [0.15, 0.2) is 0 Å². The maximum absolute atomic E-state index is 5.75. The molecule has 0 saturated heterocycles. The van der Waals surface area contributed by atoms with Crippen LogP contribution in [0.15, 0.2) is 24.3 Å². The van der Waals surface area contributed by atoms with E-state index in [1.807, 2.05) is 0 Å². The van der Waals surface area contributed by atoms with E-state index in [0.717, 1.165) is 18.8 Å². The Morgan fingerprint density at radius 3 is 2.20 bits per heavy atom. The maximum atomic E-state index is 5.75. The second-order valence-corrected chi connectivity index (χ2v) is 5.50. The van der Waals surface area contributed by atoms with Gasteiger partial charge in [-0.1, -0.05) is 45.2 Å². The van der Waals surface area contributed by atoms with Crippen LogP contribution in [0.2, 0.25) is 0 Å². The van der Waals surface area contributed by atoms with Gasteiger partial charge >= 0.3 is 0 Å². The molecule has 1 atom stereocenters. The molecule has 0 aromatic heterocycles. The van der Waals surface area contributed by atoms with Crippen LogP contribution in [0.5, 0.6) is 5.75 Å². The third-order valence-electron chi connectivity index (χ3n) is 3.99. The Hall–Kier alpha value is -1.06. The molecule has 114 valence electrons. The van der Waals surface area contributed by atoms with Crippen molar-refractivity contribution in [2.45, 2.75) is 45.4 Å². The lowest BCUT2D eigenvalue weighted by Crippen LogP contribution is -2.27. The molecule has 20 heavy (non-hydrogen) atoms. The number of hydrogen-bond donors (Lipinski definition) is 2. The zero-order valence-electron chi connectivity index (χ0n) is 13.0. The highest BCUT2D eigenvalue weighted by molar-refractivity contribution is 5.29. The van der Waals surface area contributed by atoms with E-state index in [0.29, 0.717) is 24.9 Å². The minimum absolute atomic E-state index is 0.343. The van der Waals surface area contributed by atoms with Gasteiger partial charge in [-0.05, 0) is 49.0 Å². The average molecular weight is 278 g/mol. The van der Waals surface area contributed by atoms with Crippen molar-refractivity contribution in [1.29, 1.82) is 0 Å². The van der Waals surface area contributed by atoms with Crippen LogP contribution >= 0.6 is 0 Å². The lowest BCUT2D eigenvalue weighted by Gasteiger charge is -2.21. The molecule has 3 nitrogen and oxygen atoms in total. The number of nitrogens with two attached hydrogens (primary N) is 2. The molecule has 3 heteroatoms. The zero-order chi connectivity index (χ0) is 14.8. The minimum atomic E-state index is 0.343. The summed E-state index contributed by atoms with van der Waals surface area (Å²) in [6.45, 7) is 6.48. The van der Waals surface area contributed by atoms with Crippen molar-refractivity contribution in [1.82, 2.24) is 0 Å². The van der Waals surface area contributed by atoms with Gasteiger partial charge in [0.25, 0.3) is 0 Å². The molecule has 0 heterocycles. The molecule has 0 radical (unpaired) electrons. The van der Waals surface area contributed by atoms with Crippen LogP contribution in [0, 0.1) is 5.92 Å². The van der Waals surface area contributed by atoms with Gasteiger partial charge < -0.3 is 16.2 Å². The molecule has 4 N–H and O–H groups in total. The van der Waals surface area contributed by atoms with E-state index in [9.17, 15) is 0 Å². The van der Waals surface area contributed by atoms with Gasteiger partial charge in [0.05, 0.1) is 6.61 Å². The summed E-state index contributed by atoms with van der Waals surface area (Å²) in [4.78, 5) is 0. The summed E-state index contributed by atoms with van der Waals surface area (Å²) in [5, 5.41) is 0. The van der Waals surface area contributed by atoms with Gasteiger partial charge in [-0.3, -0.25) is 0 Å². The second kappa shape index (κ2) is 9.78. The monoisotopic (exact) mass is 278 g/mol. The summed E-state index contributed by atoms with van der Waals surface area (Å²) in [5.74, 6) is 1.69. The molecule has 0 saturated carbocycles. The van der Waals surface area contributed by atoms with Crippen LogP contribution < -0.4 is 16.2 Å². The highest BCUT2D eigenvalue weighted by Gasteiger charge is 2.15. The van der Waals surface area contributed by atoms with Gasteiger partial charge in [0.1, 0.15) is 5.75 Å². The van der Waals surface area contributed by atoms with E-state index in [-0.39, 0.29) is 0 Å². The Labute approximate surface area is 123 Å². The van der Waals surface area contributed by atoms with Crippen molar-refractivity contribution < 1.29 is 4.74 Å². The number of ether oxygens (including phenoxy) is 1. The van der Waals surface area contributed by atoms with Gasteiger partial charge in [-0.2, -0.15) is 0 Å². The maximum Gasteiger partial charge on any atom is 0.119 e. The molecule has 1 unspecified atom stereocenters. The fraction of sp³-hybridized carbons (Fsp3) is 0.647. The predicted octanol–water partition coefficient (Wildman–Crippen LogP) is 3.28. The molecule has 0 aliphatic rings. The molecule has 0 aliphatic carbocycles. The van der Waals surface area contributed by atoms with E-state index in [2.05, 4.69) is 38.1 Å². The molecule has 1 aromatic carbocycles. The molecular weight excluding hydrogens is 248 g/mol. The number of unbranched alkanes of at least 4 members (excludes halogenated alkanes) is 3. The molecule has 0 fully saturated rings. The minimum Gasteiger partial charge on any atom is -0.494 e. The second-order valence-electron chi connectivity index (χ2n) is 5.50. The summed E-state index contributed by atoms with van der Waals surface area (Å²) in [6.07, 6.45) is 4.93. The third-order valence-corrected chi connectivity index (χ3v) is 3.99. The summed E-state index contributed by atoms with van der Waals surface area (Å²) >= 11 is 0. The van der Waals surface area contributed by atoms with Crippen molar-refractivity contribution in [3.63, 3.8) is 0 Å². The van der Waals surface area contributed by atoms with E-state index >= 15 is 0 Å². The van der Waals surface area contributed by atoms with Gasteiger partial charge in [-0.25, -0.2) is 0 Å². The zero-order valence-corrected chi connectivity index (χ0v) is 13.0. The first-order valence-corrected chi connectivity index (χ1v) is 7.85. The fourth-order valence-electron chi connectivity index (χ4n) is 2.36. The predicted molar refractivity (Wildman–Crippen MR) is 86.1 cm³/mol. The van der Waals surface area contributed by atoms with E-state index in [1.54, 1.807) is 0 Å². The standard InChI is InChI=1S/C17H30N2O/c1-3-4-5-6-11-20-17-9-7-15(8-10-17)14(2)16(12-18)13-19/h7-10,14,16H,3-6,11-13,18-19H2,1-2H3. The summed E-state index contributed by atoms with van der Waals surface area (Å²) < 4.78 is 5.75. The van der Waals surface area contributed by atoms with Crippen LogP contribution in [0.25, 0.3) is 0 Å². The molecule has 0 aliphatic heterocycles. The van der Waals surface area contributed by atoms with Gasteiger partial charge in [0.2, 0.25) is 0 Å². The molecule has 0 bridgehead atoms. The third kappa shape index (κ3) is 5.51. The Kier molecular flexibility index (Phi) is 8.31. The molecule has 0 amide bonds. The first kappa shape index (κ1) is 17.0. The highest BCUT2D eigenvalue weighted by Crippen LogP contribution is 2.25. The van der Waals surface area contributed by atoms with Crippen LogP contribution in [-0.2, 0) is 0 Å².